The van der Waals surface area contributed by atoms with Gasteiger partial charge in [-0.15, -0.1) is 0 Å². The molecule has 120 valence electrons. The Morgan fingerprint density at radius 1 is 1.00 bits per heavy atom. The first-order valence-electron chi connectivity index (χ1n) is 8.38. The van der Waals surface area contributed by atoms with Crippen LogP contribution < -0.4 is 10.5 Å². The van der Waals surface area contributed by atoms with Crippen molar-refractivity contribution in [2.45, 2.75) is 38.5 Å². The zero-order valence-corrected chi connectivity index (χ0v) is 13.3. The van der Waals surface area contributed by atoms with Gasteiger partial charge < -0.3 is 10.5 Å². The molecule has 3 heteroatoms. The van der Waals surface area contributed by atoms with Crippen molar-refractivity contribution in [1.82, 2.24) is 0 Å². The smallest absolute Gasteiger partial charge is 0.311 e. The van der Waals surface area contributed by atoms with Crippen LogP contribution in [0.3, 0.4) is 0 Å². The van der Waals surface area contributed by atoms with Crippen molar-refractivity contribution < 1.29 is 9.53 Å². The quantitative estimate of drug-likeness (QED) is 0.501. The fourth-order valence-electron chi connectivity index (χ4n) is 3.22. The van der Waals surface area contributed by atoms with Crippen molar-refractivity contribution in [2.75, 3.05) is 5.73 Å². The van der Waals surface area contributed by atoms with Crippen LogP contribution in [-0.2, 0) is 4.79 Å². The first kappa shape index (κ1) is 15.6. The van der Waals surface area contributed by atoms with Gasteiger partial charge in [-0.2, -0.15) is 0 Å². The minimum atomic E-state index is -0.172. The molecule has 0 spiro atoms. The van der Waals surface area contributed by atoms with Crippen LogP contribution in [0, 0.1) is 5.92 Å². The van der Waals surface area contributed by atoms with Crippen LogP contribution in [0.15, 0.2) is 48.5 Å². The van der Waals surface area contributed by atoms with E-state index in [1.165, 1.54) is 19.3 Å². The highest BCUT2D eigenvalue weighted by molar-refractivity contribution is 5.77. The molecule has 1 aliphatic rings. The summed E-state index contributed by atoms with van der Waals surface area (Å²) in [5.41, 5.74) is 8.55. The number of hydrogen-bond acceptors (Lipinski definition) is 3. The van der Waals surface area contributed by atoms with E-state index in [2.05, 4.69) is 0 Å². The number of esters is 1. The fourth-order valence-corrected chi connectivity index (χ4v) is 3.22. The Kier molecular flexibility index (Phi) is 4.96. The van der Waals surface area contributed by atoms with Crippen molar-refractivity contribution in [2.24, 2.45) is 5.92 Å². The molecule has 1 saturated carbocycles. The second kappa shape index (κ2) is 7.32. The molecular formula is C20H23NO2. The maximum atomic E-state index is 12.2. The van der Waals surface area contributed by atoms with Gasteiger partial charge in [-0.05, 0) is 42.0 Å². The van der Waals surface area contributed by atoms with E-state index >= 15 is 0 Å². The van der Waals surface area contributed by atoms with Gasteiger partial charge in [-0.3, -0.25) is 4.79 Å². The molecule has 3 nitrogen and oxygen atoms in total. The lowest BCUT2D eigenvalue weighted by atomic mass is 9.87. The molecule has 2 aromatic rings. The summed E-state index contributed by atoms with van der Waals surface area (Å²) in [5.74, 6) is 0.760. The molecule has 23 heavy (non-hydrogen) atoms. The number of anilines is 1. The molecule has 0 saturated heterocycles. The van der Waals surface area contributed by atoms with E-state index in [1.807, 2.05) is 42.5 Å². The van der Waals surface area contributed by atoms with Gasteiger partial charge in [-0.25, -0.2) is 0 Å². The molecule has 0 aromatic heterocycles. The minimum Gasteiger partial charge on any atom is -0.424 e. The van der Waals surface area contributed by atoms with Crippen molar-refractivity contribution in [3.05, 3.63) is 48.5 Å². The molecule has 0 aliphatic heterocycles. The molecule has 0 atom stereocenters. The standard InChI is InChI=1S/C20H23NO2/c21-18-12-11-17(16-9-5-2-6-10-16)14-19(18)23-20(22)13-15-7-3-1-4-8-15/h2,5-6,9-12,14-15H,1,3-4,7-8,13,21H2. The Bertz CT molecular complexity index is 661. The molecule has 1 aliphatic carbocycles. The Hall–Kier alpha value is -2.29. The number of nitrogen functional groups attached to an aromatic ring is 1. The van der Waals surface area contributed by atoms with Gasteiger partial charge >= 0.3 is 5.97 Å². The fraction of sp³-hybridized carbons (Fsp3) is 0.350. The van der Waals surface area contributed by atoms with Gasteiger partial charge in [0.05, 0.1) is 5.69 Å². The first-order chi connectivity index (χ1) is 11.2. The van der Waals surface area contributed by atoms with Gasteiger partial charge in [0.1, 0.15) is 0 Å². The lowest BCUT2D eigenvalue weighted by Gasteiger charge is -2.20. The summed E-state index contributed by atoms with van der Waals surface area (Å²) >= 11 is 0. The summed E-state index contributed by atoms with van der Waals surface area (Å²) in [6, 6.07) is 15.6. The first-order valence-corrected chi connectivity index (χ1v) is 8.38. The van der Waals surface area contributed by atoms with E-state index in [0.29, 0.717) is 23.8 Å². The van der Waals surface area contributed by atoms with Crippen LogP contribution >= 0.6 is 0 Å². The summed E-state index contributed by atoms with van der Waals surface area (Å²) < 4.78 is 5.55. The molecule has 0 heterocycles. The third-order valence-electron chi connectivity index (χ3n) is 4.52. The normalized spacial score (nSPS) is 15.3. The number of carbonyl (C=O) groups excluding carboxylic acids is 1. The topological polar surface area (TPSA) is 52.3 Å². The lowest BCUT2D eigenvalue weighted by molar-refractivity contribution is -0.135. The van der Waals surface area contributed by atoms with E-state index in [1.54, 1.807) is 6.07 Å². The van der Waals surface area contributed by atoms with Crippen LogP contribution in [0.4, 0.5) is 5.69 Å². The van der Waals surface area contributed by atoms with Crippen molar-refractivity contribution in [1.29, 1.82) is 0 Å². The maximum absolute atomic E-state index is 12.2. The van der Waals surface area contributed by atoms with Gasteiger partial charge in [0, 0.05) is 6.42 Å². The Labute approximate surface area is 137 Å². The second-order valence-corrected chi connectivity index (χ2v) is 6.30. The number of hydrogen-bond donors (Lipinski definition) is 1. The Balaban J connectivity index is 1.70. The molecule has 0 unspecified atom stereocenters. The number of rotatable bonds is 4. The van der Waals surface area contributed by atoms with Crippen LogP contribution in [0.1, 0.15) is 38.5 Å². The molecule has 2 N–H and O–H groups in total. The van der Waals surface area contributed by atoms with E-state index in [4.69, 9.17) is 10.5 Å². The minimum absolute atomic E-state index is 0.172. The number of ether oxygens (including phenoxy) is 1. The van der Waals surface area contributed by atoms with Crippen LogP contribution in [-0.4, -0.2) is 5.97 Å². The molecule has 3 rings (SSSR count). The lowest BCUT2D eigenvalue weighted by Crippen LogP contribution is -2.16. The summed E-state index contributed by atoms with van der Waals surface area (Å²) in [5, 5.41) is 0. The monoisotopic (exact) mass is 309 g/mol. The summed E-state index contributed by atoms with van der Waals surface area (Å²) in [7, 11) is 0. The largest absolute Gasteiger partial charge is 0.424 e. The highest BCUT2D eigenvalue weighted by Crippen LogP contribution is 2.31. The highest BCUT2D eigenvalue weighted by atomic mass is 16.5. The third kappa shape index (κ3) is 4.13. The van der Waals surface area contributed by atoms with Gasteiger partial charge in [0.25, 0.3) is 0 Å². The predicted molar refractivity (Wildman–Crippen MR) is 93.1 cm³/mol. The third-order valence-corrected chi connectivity index (χ3v) is 4.52. The molecule has 0 radical (unpaired) electrons. The van der Waals surface area contributed by atoms with Crippen molar-refractivity contribution in [3.63, 3.8) is 0 Å². The predicted octanol–water partition coefficient (Wildman–Crippen LogP) is 4.81. The summed E-state index contributed by atoms with van der Waals surface area (Å²) in [4.78, 5) is 12.2. The average molecular weight is 309 g/mol. The van der Waals surface area contributed by atoms with E-state index in [0.717, 1.165) is 24.0 Å². The average Bonchev–Trinajstić information content (AvgIpc) is 2.58. The van der Waals surface area contributed by atoms with E-state index in [-0.39, 0.29) is 5.97 Å². The molecule has 1 fully saturated rings. The number of nitrogens with two attached hydrogens (primary N) is 1. The molecular weight excluding hydrogens is 286 g/mol. The van der Waals surface area contributed by atoms with Crippen LogP contribution in [0.5, 0.6) is 5.75 Å². The second-order valence-electron chi connectivity index (χ2n) is 6.30. The van der Waals surface area contributed by atoms with Gasteiger partial charge in [-0.1, -0.05) is 55.7 Å². The van der Waals surface area contributed by atoms with Crippen LogP contribution in [0.25, 0.3) is 11.1 Å². The van der Waals surface area contributed by atoms with E-state index < -0.39 is 0 Å². The Morgan fingerprint density at radius 2 is 1.74 bits per heavy atom. The maximum Gasteiger partial charge on any atom is 0.311 e. The zero-order chi connectivity index (χ0) is 16.1. The van der Waals surface area contributed by atoms with Gasteiger partial charge in [0.2, 0.25) is 0 Å². The summed E-state index contributed by atoms with van der Waals surface area (Å²) in [6.45, 7) is 0. The van der Waals surface area contributed by atoms with Crippen molar-refractivity contribution >= 4 is 11.7 Å². The molecule has 0 amide bonds. The Morgan fingerprint density at radius 3 is 2.48 bits per heavy atom. The van der Waals surface area contributed by atoms with Crippen LogP contribution in [0.2, 0.25) is 0 Å². The zero-order valence-electron chi connectivity index (χ0n) is 13.3. The van der Waals surface area contributed by atoms with Gasteiger partial charge in [0.15, 0.2) is 5.75 Å². The SMILES string of the molecule is Nc1ccc(-c2ccccc2)cc1OC(=O)CC1CCCCC1. The van der Waals surface area contributed by atoms with E-state index in [9.17, 15) is 4.79 Å². The summed E-state index contributed by atoms with van der Waals surface area (Å²) in [6.07, 6.45) is 6.50. The number of benzene rings is 2. The molecule has 0 bridgehead atoms. The number of carbonyl (C=O) groups is 1. The van der Waals surface area contributed by atoms with Crippen molar-refractivity contribution in [3.8, 4) is 16.9 Å². The highest BCUT2D eigenvalue weighted by Gasteiger charge is 2.19. The molecule has 2 aromatic carbocycles.